The van der Waals surface area contributed by atoms with Gasteiger partial charge < -0.3 is 19.6 Å². The van der Waals surface area contributed by atoms with Crippen molar-refractivity contribution in [1.29, 1.82) is 0 Å². The van der Waals surface area contributed by atoms with Crippen molar-refractivity contribution in [3.8, 4) is 0 Å². The first-order valence-electron chi connectivity index (χ1n) is 14.9. The second-order valence-corrected chi connectivity index (χ2v) is 13.3. The van der Waals surface area contributed by atoms with Crippen LogP contribution in [0.1, 0.15) is 48.4 Å². The van der Waals surface area contributed by atoms with E-state index in [0.717, 1.165) is 70.6 Å². The third-order valence-corrected chi connectivity index (χ3v) is 9.60. The Morgan fingerprint density at radius 1 is 0.927 bits per heavy atom. The van der Waals surface area contributed by atoms with Gasteiger partial charge in [0.25, 0.3) is 0 Å². The molecule has 2 heterocycles. The molecule has 2 aromatic carbocycles. The van der Waals surface area contributed by atoms with Crippen LogP contribution in [0.3, 0.4) is 0 Å². The van der Waals surface area contributed by atoms with Crippen LogP contribution in [0.2, 0.25) is 10.0 Å². The second-order valence-electron chi connectivity index (χ2n) is 12.5. The maximum atomic E-state index is 13.6. The Hall–Kier alpha value is -2.12. The van der Waals surface area contributed by atoms with E-state index >= 15 is 0 Å². The third-order valence-electron chi connectivity index (χ3n) is 8.86. The molecule has 0 aliphatic carbocycles. The lowest BCUT2D eigenvalue weighted by molar-refractivity contribution is -0.133. The SMILES string of the molecule is Cc1cc(C)cc(CC(=O)N2CCCC(CCN3CCN(CC(C)C(=O)N(C)C)CC3)(c3ccc(Cl)c(Cl)c3)C2)c1. The summed E-state index contributed by atoms with van der Waals surface area (Å²) in [7, 11) is 3.65. The summed E-state index contributed by atoms with van der Waals surface area (Å²) in [5.74, 6) is 0.378. The first kappa shape index (κ1) is 31.8. The molecular weight excluding hydrogens is 555 g/mol. The third kappa shape index (κ3) is 8.25. The number of hydrogen-bond donors (Lipinski definition) is 0. The van der Waals surface area contributed by atoms with Crippen LogP contribution in [0.5, 0.6) is 0 Å². The summed E-state index contributed by atoms with van der Waals surface area (Å²) < 4.78 is 0. The van der Waals surface area contributed by atoms with Gasteiger partial charge in [0, 0.05) is 71.2 Å². The van der Waals surface area contributed by atoms with Crippen molar-refractivity contribution in [1.82, 2.24) is 19.6 Å². The molecule has 0 bridgehead atoms. The maximum Gasteiger partial charge on any atom is 0.227 e. The molecular formula is C33H46Cl2N4O2. The number of aryl methyl sites for hydroxylation is 2. The van der Waals surface area contributed by atoms with Crippen LogP contribution in [0.4, 0.5) is 0 Å². The van der Waals surface area contributed by atoms with E-state index < -0.39 is 0 Å². The van der Waals surface area contributed by atoms with Crippen LogP contribution in [-0.4, -0.2) is 97.9 Å². The van der Waals surface area contributed by atoms with Crippen molar-refractivity contribution in [2.45, 2.75) is 51.9 Å². The highest BCUT2D eigenvalue weighted by Crippen LogP contribution is 2.40. The molecule has 2 amide bonds. The molecule has 2 aliphatic heterocycles. The summed E-state index contributed by atoms with van der Waals surface area (Å²) in [6, 6.07) is 12.4. The Kier molecular flexibility index (Phi) is 10.8. The Balaban J connectivity index is 1.44. The van der Waals surface area contributed by atoms with Gasteiger partial charge >= 0.3 is 0 Å². The normalized spacial score (nSPS) is 21.1. The van der Waals surface area contributed by atoms with Gasteiger partial charge in [-0.25, -0.2) is 0 Å². The van der Waals surface area contributed by atoms with E-state index in [1.165, 1.54) is 16.7 Å². The molecule has 0 saturated carbocycles. The van der Waals surface area contributed by atoms with Crippen molar-refractivity contribution >= 4 is 35.0 Å². The Morgan fingerprint density at radius 2 is 1.59 bits per heavy atom. The van der Waals surface area contributed by atoms with Crippen LogP contribution >= 0.6 is 23.2 Å². The number of piperazine rings is 1. The van der Waals surface area contributed by atoms with Crippen LogP contribution in [0, 0.1) is 19.8 Å². The zero-order valence-electron chi connectivity index (χ0n) is 25.4. The summed E-state index contributed by atoms with van der Waals surface area (Å²) in [5, 5.41) is 1.12. The van der Waals surface area contributed by atoms with Gasteiger partial charge in [-0.2, -0.15) is 0 Å². The molecule has 6 nitrogen and oxygen atoms in total. The number of hydrogen-bond acceptors (Lipinski definition) is 4. The van der Waals surface area contributed by atoms with Crippen LogP contribution in [0.15, 0.2) is 36.4 Å². The van der Waals surface area contributed by atoms with Gasteiger partial charge in [-0.15, -0.1) is 0 Å². The fourth-order valence-electron chi connectivity index (χ4n) is 6.69. The van der Waals surface area contributed by atoms with E-state index in [0.29, 0.717) is 23.0 Å². The summed E-state index contributed by atoms with van der Waals surface area (Å²) in [4.78, 5) is 34.6. The minimum absolute atomic E-state index is 0.00365. The lowest BCUT2D eigenvalue weighted by atomic mass is 9.71. The summed E-state index contributed by atoms with van der Waals surface area (Å²) in [6.07, 6.45) is 3.36. The largest absolute Gasteiger partial charge is 0.349 e. The van der Waals surface area contributed by atoms with E-state index in [1.54, 1.807) is 4.90 Å². The minimum Gasteiger partial charge on any atom is -0.349 e. The molecule has 2 saturated heterocycles. The van der Waals surface area contributed by atoms with E-state index in [2.05, 4.69) is 52.8 Å². The standard InChI is InChI=1S/C33H46Cl2N4O2/c1-24-17-25(2)19-27(18-24)20-31(40)39-11-6-9-33(23-39,28-7-8-29(34)30(35)21-28)10-12-37-13-15-38(16-14-37)22-26(3)32(41)36(4)5/h7-8,17-19,21,26H,6,9-16,20,22-23H2,1-5H3. The quantitative estimate of drug-likeness (QED) is 0.384. The lowest BCUT2D eigenvalue weighted by Gasteiger charge is -2.45. The number of nitrogens with zero attached hydrogens (tertiary/aromatic N) is 4. The summed E-state index contributed by atoms with van der Waals surface area (Å²) in [5.41, 5.74) is 4.46. The Morgan fingerprint density at radius 3 is 2.22 bits per heavy atom. The van der Waals surface area contributed by atoms with Crippen LogP contribution in [-0.2, 0) is 21.4 Å². The molecule has 41 heavy (non-hydrogen) atoms. The number of rotatable bonds is 9. The molecule has 2 aromatic rings. The highest BCUT2D eigenvalue weighted by Gasteiger charge is 2.39. The van der Waals surface area contributed by atoms with Gasteiger partial charge in [-0.3, -0.25) is 9.59 Å². The number of carbonyl (C=O) groups is 2. The molecule has 2 fully saturated rings. The number of carbonyl (C=O) groups excluding carboxylic acids is 2. The fraction of sp³-hybridized carbons (Fsp3) is 0.576. The lowest BCUT2D eigenvalue weighted by Crippen LogP contribution is -2.52. The first-order chi connectivity index (χ1) is 19.5. The highest BCUT2D eigenvalue weighted by atomic mass is 35.5. The fourth-order valence-corrected chi connectivity index (χ4v) is 6.98. The van der Waals surface area contributed by atoms with Crippen molar-refractivity contribution in [3.63, 3.8) is 0 Å². The molecule has 0 N–H and O–H groups in total. The Bertz CT molecular complexity index is 1210. The number of amides is 2. The molecule has 4 rings (SSSR count). The summed E-state index contributed by atoms with van der Waals surface area (Å²) in [6.45, 7) is 13.3. The molecule has 2 unspecified atom stereocenters. The molecule has 2 aliphatic rings. The van der Waals surface area contributed by atoms with Crippen molar-refractivity contribution < 1.29 is 9.59 Å². The number of likely N-dealkylation sites (tertiary alicyclic amines) is 1. The van der Waals surface area contributed by atoms with Crippen LogP contribution < -0.4 is 0 Å². The van der Waals surface area contributed by atoms with Gasteiger partial charge in [0.05, 0.1) is 16.5 Å². The molecule has 2 atom stereocenters. The molecule has 0 radical (unpaired) electrons. The van der Waals surface area contributed by atoms with Gasteiger partial charge in [-0.1, -0.05) is 65.5 Å². The number of piperidine rings is 1. The van der Waals surface area contributed by atoms with E-state index in [4.69, 9.17) is 23.2 Å². The molecule has 0 aromatic heterocycles. The number of benzene rings is 2. The predicted octanol–water partition coefficient (Wildman–Crippen LogP) is 5.45. The van der Waals surface area contributed by atoms with Gasteiger partial charge in [0.1, 0.15) is 0 Å². The van der Waals surface area contributed by atoms with E-state index in [-0.39, 0.29) is 23.1 Å². The van der Waals surface area contributed by atoms with Gasteiger partial charge in [0.15, 0.2) is 0 Å². The maximum absolute atomic E-state index is 13.6. The molecule has 8 heteroatoms. The van der Waals surface area contributed by atoms with Gasteiger partial charge in [-0.05, 0) is 62.9 Å². The zero-order valence-corrected chi connectivity index (χ0v) is 26.9. The predicted molar refractivity (Wildman–Crippen MR) is 169 cm³/mol. The van der Waals surface area contributed by atoms with E-state index in [9.17, 15) is 9.59 Å². The topological polar surface area (TPSA) is 47.1 Å². The van der Waals surface area contributed by atoms with Crippen molar-refractivity contribution in [2.24, 2.45) is 5.92 Å². The number of halogens is 2. The summed E-state index contributed by atoms with van der Waals surface area (Å²) >= 11 is 12.8. The molecule has 224 valence electrons. The first-order valence-corrected chi connectivity index (χ1v) is 15.7. The minimum atomic E-state index is -0.172. The average Bonchev–Trinajstić information content (AvgIpc) is 2.93. The van der Waals surface area contributed by atoms with Crippen molar-refractivity contribution in [3.05, 3.63) is 68.7 Å². The smallest absolute Gasteiger partial charge is 0.227 e. The second kappa shape index (κ2) is 13.9. The van der Waals surface area contributed by atoms with E-state index in [1.807, 2.05) is 33.2 Å². The van der Waals surface area contributed by atoms with Crippen LogP contribution in [0.25, 0.3) is 0 Å². The van der Waals surface area contributed by atoms with Gasteiger partial charge in [0.2, 0.25) is 11.8 Å². The Labute approximate surface area is 256 Å². The highest BCUT2D eigenvalue weighted by molar-refractivity contribution is 6.42. The molecule has 0 spiro atoms. The average molecular weight is 602 g/mol. The van der Waals surface area contributed by atoms with Crippen molar-refractivity contribution in [2.75, 3.05) is 66.5 Å². The zero-order chi connectivity index (χ0) is 29.7. The monoisotopic (exact) mass is 600 g/mol.